The predicted octanol–water partition coefficient (Wildman–Crippen LogP) is 5.02. The van der Waals surface area contributed by atoms with Gasteiger partial charge in [0.05, 0.1) is 23.1 Å². The fourth-order valence-corrected chi connectivity index (χ4v) is 5.56. The Morgan fingerprint density at radius 2 is 1.81 bits per heavy atom. The van der Waals surface area contributed by atoms with Crippen molar-refractivity contribution in [3.05, 3.63) is 110 Å². The minimum absolute atomic E-state index is 0.0604. The van der Waals surface area contributed by atoms with Crippen LogP contribution in [-0.2, 0) is 19.4 Å². The standard InChI is InChI=1S/C28H24ClFN4O2/c29-20-5-7-22-19(14-20)4-3-18-2-1-11-31-27(18)26(22)17-9-12-33(13-10-17)16-25-32-24-8-6-21(30)15-23(24)28(35)34(25)36/h1-2,5-8,11,14-15,36H,3-4,9-10,12-13,16H2. The first-order valence-electron chi connectivity index (χ1n) is 12.1. The number of rotatable bonds is 2. The van der Waals surface area contributed by atoms with Gasteiger partial charge in [0, 0.05) is 29.9 Å². The van der Waals surface area contributed by atoms with E-state index in [2.05, 4.69) is 28.1 Å². The molecule has 1 N–H and O–H groups in total. The van der Waals surface area contributed by atoms with Gasteiger partial charge in [-0.2, -0.15) is 0 Å². The molecular weight excluding hydrogens is 479 g/mol. The van der Waals surface area contributed by atoms with Crippen LogP contribution in [0.1, 0.15) is 41.1 Å². The second-order valence-electron chi connectivity index (χ2n) is 9.37. The molecule has 1 fully saturated rings. The van der Waals surface area contributed by atoms with E-state index in [0.717, 1.165) is 55.6 Å². The Labute approximate surface area is 212 Å². The third-order valence-corrected chi connectivity index (χ3v) is 7.42. The van der Waals surface area contributed by atoms with Gasteiger partial charge in [-0.15, -0.1) is 4.73 Å². The predicted molar refractivity (Wildman–Crippen MR) is 137 cm³/mol. The number of aromatic nitrogens is 3. The molecule has 0 spiro atoms. The highest BCUT2D eigenvalue weighted by atomic mass is 35.5. The fourth-order valence-electron chi connectivity index (χ4n) is 5.36. The van der Waals surface area contributed by atoms with Gasteiger partial charge in [0.25, 0.3) is 5.56 Å². The van der Waals surface area contributed by atoms with Crippen molar-refractivity contribution < 1.29 is 9.60 Å². The molecule has 1 saturated heterocycles. The molecule has 0 bridgehead atoms. The van der Waals surface area contributed by atoms with Crippen LogP contribution in [0.3, 0.4) is 0 Å². The van der Waals surface area contributed by atoms with Gasteiger partial charge in [0.15, 0.2) is 5.82 Å². The molecule has 2 aromatic carbocycles. The van der Waals surface area contributed by atoms with Crippen molar-refractivity contribution in [1.82, 2.24) is 19.6 Å². The van der Waals surface area contributed by atoms with Crippen molar-refractivity contribution in [2.24, 2.45) is 0 Å². The summed E-state index contributed by atoms with van der Waals surface area (Å²) in [5, 5.41) is 11.2. The van der Waals surface area contributed by atoms with E-state index in [1.807, 2.05) is 18.3 Å². The van der Waals surface area contributed by atoms with E-state index in [1.54, 1.807) is 0 Å². The maximum absolute atomic E-state index is 13.6. The molecule has 6 rings (SSSR count). The smallest absolute Gasteiger partial charge is 0.294 e. The largest absolute Gasteiger partial charge is 0.424 e. The average Bonchev–Trinajstić information content (AvgIpc) is 3.05. The number of likely N-dealkylation sites (tertiary alicyclic amines) is 1. The van der Waals surface area contributed by atoms with Crippen LogP contribution in [-0.4, -0.2) is 37.9 Å². The van der Waals surface area contributed by atoms with Crippen LogP contribution < -0.4 is 5.56 Å². The molecule has 0 radical (unpaired) electrons. The van der Waals surface area contributed by atoms with E-state index >= 15 is 0 Å². The Balaban J connectivity index is 1.31. The molecule has 8 heteroatoms. The van der Waals surface area contributed by atoms with Gasteiger partial charge in [-0.05, 0) is 78.8 Å². The molecule has 0 amide bonds. The molecule has 0 unspecified atom stereocenters. The summed E-state index contributed by atoms with van der Waals surface area (Å²) < 4.78 is 14.1. The third-order valence-electron chi connectivity index (χ3n) is 7.18. The second kappa shape index (κ2) is 9.15. The van der Waals surface area contributed by atoms with Gasteiger partial charge in [-0.1, -0.05) is 29.3 Å². The zero-order valence-electron chi connectivity index (χ0n) is 19.5. The third kappa shape index (κ3) is 4.08. The molecule has 6 nitrogen and oxygen atoms in total. The summed E-state index contributed by atoms with van der Waals surface area (Å²) in [5.41, 5.74) is 7.01. The molecule has 3 heterocycles. The molecule has 1 aliphatic heterocycles. The van der Waals surface area contributed by atoms with Gasteiger partial charge in [0.1, 0.15) is 5.82 Å². The fraction of sp³-hybridized carbons (Fsp3) is 0.250. The number of benzene rings is 2. The summed E-state index contributed by atoms with van der Waals surface area (Å²) in [4.78, 5) is 23.9. The number of piperidine rings is 1. The summed E-state index contributed by atoms with van der Waals surface area (Å²) in [6.45, 7) is 1.82. The van der Waals surface area contributed by atoms with Gasteiger partial charge < -0.3 is 5.21 Å². The topological polar surface area (TPSA) is 71.2 Å². The number of pyridine rings is 1. The monoisotopic (exact) mass is 502 g/mol. The Hall–Kier alpha value is -3.55. The summed E-state index contributed by atoms with van der Waals surface area (Å²) in [7, 11) is 0. The van der Waals surface area contributed by atoms with E-state index in [-0.39, 0.29) is 11.2 Å². The lowest BCUT2D eigenvalue weighted by Gasteiger charge is -2.30. The molecule has 1 aliphatic carbocycles. The first-order chi connectivity index (χ1) is 17.5. The van der Waals surface area contributed by atoms with Crippen molar-refractivity contribution >= 4 is 28.1 Å². The van der Waals surface area contributed by atoms with Crippen molar-refractivity contribution in [3.8, 4) is 0 Å². The van der Waals surface area contributed by atoms with Crippen molar-refractivity contribution in [1.29, 1.82) is 0 Å². The van der Waals surface area contributed by atoms with Gasteiger partial charge in [-0.3, -0.25) is 14.7 Å². The van der Waals surface area contributed by atoms with Crippen LogP contribution >= 0.6 is 11.6 Å². The Kier molecular flexibility index (Phi) is 5.82. The van der Waals surface area contributed by atoms with Crippen LogP contribution in [0, 0.1) is 5.82 Å². The van der Waals surface area contributed by atoms with Crippen LogP contribution in [0.15, 0.2) is 65.1 Å². The normalized spacial score (nSPS) is 16.1. The minimum atomic E-state index is -0.661. The van der Waals surface area contributed by atoms with Crippen LogP contribution in [0.25, 0.3) is 16.5 Å². The number of fused-ring (bicyclic) bond motifs is 3. The maximum atomic E-state index is 13.6. The molecule has 36 heavy (non-hydrogen) atoms. The molecule has 2 aromatic heterocycles. The molecule has 0 saturated carbocycles. The SMILES string of the molecule is O=c1c2cc(F)ccc2nc(CN2CCC(=C3c4ccc(Cl)cc4CCc4cccnc43)CC2)n1O. The molecule has 0 atom stereocenters. The summed E-state index contributed by atoms with van der Waals surface area (Å²) >= 11 is 6.33. The van der Waals surface area contributed by atoms with E-state index in [9.17, 15) is 14.4 Å². The lowest BCUT2D eigenvalue weighted by Crippen LogP contribution is -2.34. The van der Waals surface area contributed by atoms with Crippen molar-refractivity contribution in [2.45, 2.75) is 32.2 Å². The maximum Gasteiger partial charge on any atom is 0.294 e. The average molecular weight is 503 g/mol. The minimum Gasteiger partial charge on any atom is -0.424 e. The van der Waals surface area contributed by atoms with E-state index in [4.69, 9.17) is 16.6 Å². The van der Waals surface area contributed by atoms with Gasteiger partial charge >= 0.3 is 0 Å². The number of halogens is 2. The van der Waals surface area contributed by atoms with Crippen LogP contribution in [0.4, 0.5) is 4.39 Å². The van der Waals surface area contributed by atoms with E-state index in [1.165, 1.54) is 40.0 Å². The number of nitrogens with zero attached hydrogens (tertiary/aromatic N) is 4. The van der Waals surface area contributed by atoms with E-state index < -0.39 is 11.4 Å². The quantitative estimate of drug-likeness (QED) is 0.390. The lowest BCUT2D eigenvalue weighted by atomic mass is 9.88. The molecule has 2 aliphatic rings. The lowest BCUT2D eigenvalue weighted by molar-refractivity contribution is 0.142. The van der Waals surface area contributed by atoms with E-state index in [0.29, 0.717) is 16.8 Å². The Morgan fingerprint density at radius 1 is 1.00 bits per heavy atom. The zero-order valence-corrected chi connectivity index (χ0v) is 20.3. The van der Waals surface area contributed by atoms with Crippen molar-refractivity contribution in [3.63, 3.8) is 0 Å². The Morgan fingerprint density at radius 3 is 2.64 bits per heavy atom. The summed E-state index contributed by atoms with van der Waals surface area (Å²) in [6.07, 6.45) is 5.37. The first-order valence-corrected chi connectivity index (χ1v) is 12.4. The summed E-state index contributed by atoms with van der Waals surface area (Å²) in [6, 6.07) is 14.1. The number of hydrogen-bond acceptors (Lipinski definition) is 5. The first kappa shape index (κ1) is 22.9. The second-order valence-corrected chi connectivity index (χ2v) is 9.81. The highest BCUT2D eigenvalue weighted by Gasteiger charge is 2.26. The molecular formula is C28H24ClFN4O2. The molecule has 182 valence electrons. The zero-order chi connectivity index (χ0) is 24.8. The van der Waals surface area contributed by atoms with Crippen LogP contribution in [0.5, 0.6) is 0 Å². The number of aryl methyl sites for hydroxylation is 2. The van der Waals surface area contributed by atoms with Gasteiger partial charge in [0.2, 0.25) is 0 Å². The highest BCUT2D eigenvalue weighted by Crippen LogP contribution is 2.38. The van der Waals surface area contributed by atoms with Crippen molar-refractivity contribution in [2.75, 3.05) is 13.1 Å². The highest BCUT2D eigenvalue weighted by molar-refractivity contribution is 6.30. The van der Waals surface area contributed by atoms with Crippen LogP contribution in [0.2, 0.25) is 5.02 Å². The summed E-state index contributed by atoms with van der Waals surface area (Å²) in [5.74, 6) is -0.291. The molecule has 4 aromatic rings. The Bertz CT molecular complexity index is 1590. The number of hydrogen-bond donors (Lipinski definition) is 1. The van der Waals surface area contributed by atoms with Gasteiger partial charge in [-0.25, -0.2) is 9.37 Å².